The predicted octanol–water partition coefficient (Wildman–Crippen LogP) is 1.53. The predicted molar refractivity (Wildman–Crippen MR) is 59.7 cm³/mol. The summed E-state index contributed by atoms with van der Waals surface area (Å²) in [5.41, 5.74) is 1.74. The molecule has 1 aliphatic heterocycles. The van der Waals surface area contributed by atoms with Crippen LogP contribution in [0, 0.1) is 17.0 Å². The SMILES string of the molecule is Cc1ccc(/C=C2\N=C([N+](=O)[O-])OC2=O)cc1. The van der Waals surface area contributed by atoms with E-state index in [0.29, 0.717) is 0 Å². The topological polar surface area (TPSA) is 81.8 Å². The number of benzene rings is 1. The summed E-state index contributed by atoms with van der Waals surface area (Å²) in [6.45, 7) is 1.93. The van der Waals surface area contributed by atoms with Crippen molar-refractivity contribution in [2.75, 3.05) is 0 Å². The summed E-state index contributed by atoms with van der Waals surface area (Å²) in [6, 6.07) is 6.52. The standard InChI is InChI=1S/C11H8N2O4/c1-7-2-4-8(5-3-7)6-9-10(14)17-11(12-9)13(15)16/h2-6H,1H3/b9-6-. The van der Waals surface area contributed by atoms with E-state index in [0.717, 1.165) is 11.1 Å². The summed E-state index contributed by atoms with van der Waals surface area (Å²) in [4.78, 5) is 24.3. The Bertz CT molecular complexity index is 543. The van der Waals surface area contributed by atoms with Gasteiger partial charge in [0.05, 0.1) is 0 Å². The minimum atomic E-state index is -0.839. The highest BCUT2D eigenvalue weighted by molar-refractivity contribution is 6.04. The molecule has 0 atom stereocenters. The van der Waals surface area contributed by atoms with Crippen LogP contribution in [0.25, 0.3) is 6.08 Å². The number of ether oxygens (including phenoxy) is 1. The van der Waals surface area contributed by atoms with Crippen molar-refractivity contribution in [3.8, 4) is 0 Å². The van der Waals surface area contributed by atoms with E-state index < -0.39 is 16.9 Å². The maximum Gasteiger partial charge on any atom is 0.549 e. The van der Waals surface area contributed by atoms with Crippen molar-refractivity contribution in [2.45, 2.75) is 6.92 Å². The van der Waals surface area contributed by atoms with Gasteiger partial charge in [-0.15, -0.1) is 0 Å². The average molecular weight is 232 g/mol. The van der Waals surface area contributed by atoms with Gasteiger partial charge >= 0.3 is 12.0 Å². The summed E-state index contributed by atoms with van der Waals surface area (Å²) in [5, 5.41) is 10.4. The Labute approximate surface area is 96.4 Å². The van der Waals surface area contributed by atoms with Gasteiger partial charge in [0.15, 0.2) is 0 Å². The molecule has 1 aliphatic rings. The van der Waals surface area contributed by atoms with Gasteiger partial charge in [-0.1, -0.05) is 29.8 Å². The van der Waals surface area contributed by atoms with E-state index in [1.54, 1.807) is 12.1 Å². The normalized spacial score (nSPS) is 16.9. The monoisotopic (exact) mass is 232 g/mol. The Morgan fingerprint density at radius 3 is 2.53 bits per heavy atom. The molecule has 0 spiro atoms. The lowest BCUT2D eigenvalue weighted by atomic mass is 10.1. The zero-order valence-corrected chi connectivity index (χ0v) is 8.91. The zero-order chi connectivity index (χ0) is 12.4. The van der Waals surface area contributed by atoms with Gasteiger partial charge < -0.3 is 14.9 Å². The fourth-order valence-electron chi connectivity index (χ4n) is 1.30. The lowest BCUT2D eigenvalue weighted by Gasteiger charge is -1.93. The van der Waals surface area contributed by atoms with Crippen LogP contribution in [-0.4, -0.2) is 16.9 Å². The van der Waals surface area contributed by atoms with Gasteiger partial charge in [-0.3, -0.25) is 0 Å². The first kappa shape index (κ1) is 11.0. The molecule has 17 heavy (non-hydrogen) atoms. The molecule has 0 saturated carbocycles. The van der Waals surface area contributed by atoms with Gasteiger partial charge in [-0.2, -0.15) is 0 Å². The van der Waals surface area contributed by atoms with Crippen molar-refractivity contribution in [1.29, 1.82) is 0 Å². The molecule has 0 bridgehead atoms. The summed E-state index contributed by atoms with van der Waals surface area (Å²) in [6.07, 6.45) is 1.44. The molecule has 1 aromatic rings. The van der Waals surface area contributed by atoms with Gasteiger partial charge in [0.1, 0.15) is 0 Å². The number of aliphatic imine (C=N–C) groups is 1. The molecule has 0 aromatic heterocycles. The van der Waals surface area contributed by atoms with Gasteiger partial charge in [0, 0.05) is 16.0 Å². The van der Waals surface area contributed by atoms with Crippen molar-refractivity contribution < 1.29 is 14.5 Å². The van der Waals surface area contributed by atoms with Crippen molar-refractivity contribution in [3.05, 3.63) is 51.2 Å². The summed E-state index contributed by atoms with van der Waals surface area (Å²) < 4.78 is 4.38. The molecule has 0 unspecified atom stereocenters. The molecule has 1 aromatic carbocycles. The number of amidine groups is 1. The Morgan fingerprint density at radius 1 is 1.35 bits per heavy atom. The van der Waals surface area contributed by atoms with Crippen LogP contribution >= 0.6 is 0 Å². The largest absolute Gasteiger partial charge is 0.549 e. The van der Waals surface area contributed by atoms with E-state index in [4.69, 9.17) is 0 Å². The third kappa shape index (κ3) is 2.36. The molecular weight excluding hydrogens is 224 g/mol. The van der Waals surface area contributed by atoms with Crippen LogP contribution in [0.1, 0.15) is 11.1 Å². The first-order valence-corrected chi connectivity index (χ1v) is 4.80. The molecule has 0 fully saturated rings. The molecule has 1 heterocycles. The molecule has 6 nitrogen and oxygen atoms in total. The van der Waals surface area contributed by atoms with E-state index >= 15 is 0 Å². The number of nitro groups is 1. The third-order valence-corrected chi connectivity index (χ3v) is 2.15. The number of cyclic esters (lactones) is 1. The van der Waals surface area contributed by atoms with Crippen molar-refractivity contribution in [1.82, 2.24) is 0 Å². The Kier molecular flexibility index (Phi) is 2.70. The van der Waals surface area contributed by atoms with E-state index in [1.807, 2.05) is 19.1 Å². The van der Waals surface area contributed by atoms with Crippen LogP contribution in [0.4, 0.5) is 0 Å². The summed E-state index contributed by atoms with van der Waals surface area (Å²) in [5.74, 6) is -0.808. The number of rotatable bonds is 1. The molecular formula is C11H8N2O4. The molecule has 0 saturated heterocycles. The van der Waals surface area contributed by atoms with Crippen LogP contribution in [0.2, 0.25) is 0 Å². The molecule has 2 rings (SSSR count). The number of esters is 1. The summed E-state index contributed by atoms with van der Waals surface area (Å²) >= 11 is 0. The third-order valence-electron chi connectivity index (χ3n) is 2.15. The van der Waals surface area contributed by atoms with Gasteiger partial charge in [0.2, 0.25) is 0 Å². The molecule has 0 aliphatic carbocycles. The van der Waals surface area contributed by atoms with Gasteiger partial charge in [-0.25, -0.2) is 4.79 Å². The first-order valence-electron chi connectivity index (χ1n) is 4.80. The first-order chi connectivity index (χ1) is 8.06. The number of carbonyl (C=O) groups excluding carboxylic acids is 1. The lowest BCUT2D eigenvalue weighted by Crippen LogP contribution is -2.13. The average Bonchev–Trinajstić information content (AvgIpc) is 2.64. The highest BCUT2D eigenvalue weighted by atomic mass is 16.7. The number of hydrogen-bond acceptors (Lipinski definition) is 5. The fraction of sp³-hybridized carbons (Fsp3) is 0.0909. The smallest absolute Gasteiger partial charge is 0.355 e. The number of nitrogens with zero attached hydrogens (tertiary/aromatic N) is 2. The van der Waals surface area contributed by atoms with E-state index in [9.17, 15) is 14.9 Å². The minimum absolute atomic E-state index is 0.0689. The van der Waals surface area contributed by atoms with E-state index in [-0.39, 0.29) is 5.70 Å². The number of carbonyl (C=O) groups is 1. The van der Waals surface area contributed by atoms with Crippen LogP contribution in [-0.2, 0) is 9.53 Å². The second kappa shape index (κ2) is 4.17. The van der Waals surface area contributed by atoms with Crippen molar-refractivity contribution >= 4 is 18.1 Å². The van der Waals surface area contributed by atoms with Crippen LogP contribution < -0.4 is 0 Å². The number of aryl methyl sites for hydroxylation is 1. The van der Waals surface area contributed by atoms with E-state index in [1.165, 1.54) is 6.08 Å². The molecule has 0 amide bonds. The molecule has 86 valence electrons. The van der Waals surface area contributed by atoms with Crippen LogP contribution in [0.15, 0.2) is 35.0 Å². The van der Waals surface area contributed by atoms with Crippen molar-refractivity contribution in [2.24, 2.45) is 4.99 Å². The Balaban J connectivity index is 2.31. The summed E-state index contributed by atoms with van der Waals surface area (Å²) in [7, 11) is 0. The second-order valence-electron chi connectivity index (χ2n) is 3.48. The maximum absolute atomic E-state index is 11.3. The van der Waals surface area contributed by atoms with Gasteiger partial charge in [-0.05, 0) is 12.5 Å². The Morgan fingerprint density at radius 2 is 2.00 bits per heavy atom. The zero-order valence-electron chi connectivity index (χ0n) is 8.91. The second-order valence-corrected chi connectivity index (χ2v) is 3.48. The van der Waals surface area contributed by atoms with Gasteiger partial charge in [0.25, 0.3) is 5.70 Å². The Hall–Kier alpha value is -2.50. The van der Waals surface area contributed by atoms with E-state index in [2.05, 4.69) is 9.73 Å². The molecule has 0 radical (unpaired) electrons. The molecule has 0 N–H and O–H groups in total. The highest BCUT2D eigenvalue weighted by Crippen LogP contribution is 2.15. The maximum atomic E-state index is 11.3. The number of hydrogen-bond donors (Lipinski definition) is 0. The van der Waals surface area contributed by atoms with Crippen molar-refractivity contribution in [3.63, 3.8) is 0 Å². The fourth-order valence-corrected chi connectivity index (χ4v) is 1.30. The quantitative estimate of drug-likeness (QED) is 0.318. The lowest BCUT2D eigenvalue weighted by molar-refractivity contribution is -0.369. The minimum Gasteiger partial charge on any atom is -0.355 e. The highest BCUT2D eigenvalue weighted by Gasteiger charge is 2.34. The van der Waals surface area contributed by atoms with Crippen LogP contribution in [0.3, 0.4) is 0 Å². The molecule has 6 heteroatoms. The van der Waals surface area contributed by atoms with Crippen LogP contribution in [0.5, 0.6) is 0 Å².